The van der Waals surface area contributed by atoms with E-state index in [4.69, 9.17) is 0 Å². The highest BCUT2D eigenvalue weighted by Crippen LogP contribution is 2.30. The molecular weight excluding hydrogens is 362 g/mol. The van der Waals surface area contributed by atoms with E-state index in [0.29, 0.717) is 19.1 Å². The van der Waals surface area contributed by atoms with Crippen LogP contribution in [0.25, 0.3) is 0 Å². The second kappa shape index (κ2) is 8.68. The van der Waals surface area contributed by atoms with Gasteiger partial charge in [0.15, 0.2) is 0 Å². The van der Waals surface area contributed by atoms with Crippen LogP contribution in [0, 0.1) is 5.92 Å². The summed E-state index contributed by atoms with van der Waals surface area (Å²) >= 11 is 0. The summed E-state index contributed by atoms with van der Waals surface area (Å²) in [6.07, 6.45) is 3.66. The second-order valence-electron chi connectivity index (χ2n) is 8.12. The van der Waals surface area contributed by atoms with Gasteiger partial charge >= 0.3 is 6.03 Å². The standard InChI is InChI=1S/C24H29N3O2/c1-18(19-8-4-2-5-9-19)27(22-10-6-3-7-11-22)24(29)26-16-14-20(15-17-26)23(28)25-21-12-13-21/h2-11,18,20-21H,12-17H2,1H3,(H,25,28). The molecular formula is C24H29N3O2. The van der Waals surface area contributed by atoms with Crippen molar-refractivity contribution in [2.75, 3.05) is 18.0 Å². The van der Waals surface area contributed by atoms with Crippen molar-refractivity contribution in [3.8, 4) is 0 Å². The summed E-state index contributed by atoms with van der Waals surface area (Å²) in [7, 11) is 0. The van der Waals surface area contributed by atoms with E-state index in [1.807, 2.05) is 58.3 Å². The second-order valence-corrected chi connectivity index (χ2v) is 8.12. The fourth-order valence-electron chi connectivity index (χ4n) is 4.00. The normalized spacial score (nSPS) is 18.2. The minimum atomic E-state index is -0.0815. The van der Waals surface area contributed by atoms with Crippen LogP contribution in [-0.4, -0.2) is 36.0 Å². The van der Waals surface area contributed by atoms with Gasteiger partial charge in [-0.15, -0.1) is 0 Å². The van der Waals surface area contributed by atoms with E-state index in [1.165, 1.54) is 0 Å². The molecule has 4 rings (SSSR count). The lowest BCUT2D eigenvalue weighted by Gasteiger charge is -2.38. The fraction of sp³-hybridized carbons (Fsp3) is 0.417. The fourth-order valence-corrected chi connectivity index (χ4v) is 4.00. The van der Waals surface area contributed by atoms with Gasteiger partial charge in [0.1, 0.15) is 0 Å². The third-order valence-electron chi connectivity index (χ3n) is 5.97. The molecule has 0 radical (unpaired) electrons. The monoisotopic (exact) mass is 391 g/mol. The van der Waals surface area contributed by atoms with Crippen LogP contribution >= 0.6 is 0 Å². The van der Waals surface area contributed by atoms with Gasteiger partial charge < -0.3 is 10.2 Å². The average molecular weight is 392 g/mol. The highest BCUT2D eigenvalue weighted by Gasteiger charge is 2.34. The predicted octanol–water partition coefficient (Wildman–Crippen LogP) is 4.36. The molecule has 1 saturated carbocycles. The molecule has 2 aliphatic rings. The number of hydrogen-bond acceptors (Lipinski definition) is 2. The highest BCUT2D eigenvalue weighted by atomic mass is 16.2. The number of hydrogen-bond donors (Lipinski definition) is 1. The first-order valence-corrected chi connectivity index (χ1v) is 10.6. The predicted molar refractivity (Wildman–Crippen MR) is 115 cm³/mol. The molecule has 5 nitrogen and oxygen atoms in total. The lowest BCUT2D eigenvalue weighted by molar-refractivity contribution is -0.126. The Labute approximate surface area is 172 Å². The molecule has 2 aromatic carbocycles. The maximum Gasteiger partial charge on any atom is 0.325 e. The summed E-state index contributed by atoms with van der Waals surface area (Å²) < 4.78 is 0. The average Bonchev–Trinajstić information content (AvgIpc) is 3.59. The van der Waals surface area contributed by atoms with Gasteiger partial charge in [-0.2, -0.15) is 0 Å². The van der Waals surface area contributed by atoms with Crippen LogP contribution in [0.5, 0.6) is 0 Å². The topological polar surface area (TPSA) is 52.7 Å². The first-order valence-electron chi connectivity index (χ1n) is 10.6. The van der Waals surface area contributed by atoms with Crippen molar-refractivity contribution in [1.82, 2.24) is 10.2 Å². The van der Waals surface area contributed by atoms with E-state index in [0.717, 1.165) is 36.9 Å². The van der Waals surface area contributed by atoms with Gasteiger partial charge in [-0.1, -0.05) is 48.5 Å². The number of likely N-dealkylation sites (tertiary alicyclic amines) is 1. The molecule has 1 saturated heterocycles. The molecule has 1 atom stereocenters. The van der Waals surface area contributed by atoms with Gasteiger partial charge in [-0.25, -0.2) is 4.79 Å². The Balaban J connectivity index is 1.47. The molecule has 0 spiro atoms. The van der Waals surface area contributed by atoms with Crippen LogP contribution in [0.4, 0.5) is 10.5 Å². The Morgan fingerprint density at radius 3 is 2.10 bits per heavy atom. The van der Waals surface area contributed by atoms with Crippen LogP contribution in [0.15, 0.2) is 60.7 Å². The van der Waals surface area contributed by atoms with Crippen LogP contribution in [0.1, 0.15) is 44.2 Å². The number of para-hydroxylation sites is 1. The largest absolute Gasteiger partial charge is 0.353 e. The van der Waals surface area contributed by atoms with Crippen molar-refractivity contribution in [2.24, 2.45) is 5.92 Å². The summed E-state index contributed by atoms with van der Waals surface area (Å²) in [6.45, 7) is 3.30. The van der Waals surface area contributed by atoms with E-state index in [9.17, 15) is 9.59 Å². The third kappa shape index (κ3) is 4.61. The molecule has 29 heavy (non-hydrogen) atoms. The molecule has 0 aromatic heterocycles. The lowest BCUT2D eigenvalue weighted by atomic mass is 9.96. The molecule has 1 heterocycles. The molecule has 1 aliphatic heterocycles. The third-order valence-corrected chi connectivity index (χ3v) is 5.97. The molecule has 2 fully saturated rings. The summed E-state index contributed by atoms with van der Waals surface area (Å²) in [5, 5.41) is 3.10. The van der Waals surface area contributed by atoms with Crippen molar-refractivity contribution < 1.29 is 9.59 Å². The molecule has 1 aliphatic carbocycles. The Hall–Kier alpha value is -2.82. The molecule has 0 bridgehead atoms. The minimum absolute atomic E-state index is 0.00797. The number of benzene rings is 2. The van der Waals surface area contributed by atoms with E-state index in [-0.39, 0.29) is 23.9 Å². The molecule has 1 unspecified atom stereocenters. The van der Waals surface area contributed by atoms with Gasteiger partial charge in [0.2, 0.25) is 5.91 Å². The van der Waals surface area contributed by atoms with Crippen molar-refractivity contribution in [2.45, 2.75) is 44.7 Å². The van der Waals surface area contributed by atoms with Crippen molar-refractivity contribution in [1.29, 1.82) is 0 Å². The van der Waals surface area contributed by atoms with E-state index < -0.39 is 0 Å². The number of carbonyl (C=O) groups is 2. The number of urea groups is 1. The SMILES string of the molecule is CC(c1ccccc1)N(C(=O)N1CCC(C(=O)NC2CC2)CC1)c1ccccc1. The first kappa shape index (κ1) is 19.5. The molecule has 5 heteroatoms. The van der Waals surface area contributed by atoms with Gasteiger partial charge in [-0.05, 0) is 50.3 Å². The van der Waals surface area contributed by atoms with Gasteiger partial charge in [0, 0.05) is 30.7 Å². The van der Waals surface area contributed by atoms with Crippen LogP contribution in [0.2, 0.25) is 0 Å². The van der Waals surface area contributed by atoms with Crippen LogP contribution in [-0.2, 0) is 4.79 Å². The smallest absolute Gasteiger partial charge is 0.325 e. The first-order chi connectivity index (χ1) is 14.1. The van der Waals surface area contributed by atoms with Crippen molar-refractivity contribution in [3.05, 3.63) is 66.2 Å². The number of piperidine rings is 1. The summed E-state index contributed by atoms with van der Waals surface area (Å²) in [6, 6.07) is 20.3. The summed E-state index contributed by atoms with van der Waals surface area (Å²) in [5.74, 6) is 0.188. The Morgan fingerprint density at radius 2 is 1.52 bits per heavy atom. The molecule has 152 valence electrons. The Bertz CT molecular complexity index is 828. The van der Waals surface area contributed by atoms with Crippen LogP contribution < -0.4 is 10.2 Å². The Kier molecular flexibility index (Phi) is 5.84. The maximum atomic E-state index is 13.5. The van der Waals surface area contributed by atoms with Gasteiger partial charge in [0.25, 0.3) is 0 Å². The van der Waals surface area contributed by atoms with E-state index in [1.54, 1.807) is 0 Å². The summed E-state index contributed by atoms with van der Waals surface area (Å²) in [5.41, 5.74) is 1.99. The van der Waals surface area contributed by atoms with Gasteiger partial charge in [-0.3, -0.25) is 9.69 Å². The van der Waals surface area contributed by atoms with E-state index in [2.05, 4.69) is 24.4 Å². The molecule has 2 aromatic rings. The number of anilines is 1. The minimum Gasteiger partial charge on any atom is -0.353 e. The van der Waals surface area contributed by atoms with E-state index >= 15 is 0 Å². The van der Waals surface area contributed by atoms with Crippen LogP contribution in [0.3, 0.4) is 0 Å². The molecule has 1 N–H and O–H groups in total. The lowest BCUT2D eigenvalue weighted by Crippen LogP contribution is -2.49. The summed E-state index contributed by atoms with van der Waals surface area (Å²) in [4.78, 5) is 29.6. The number of nitrogens with one attached hydrogen (secondary N) is 1. The zero-order chi connectivity index (χ0) is 20.2. The van der Waals surface area contributed by atoms with Crippen molar-refractivity contribution in [3.63, 3.8) is 0 Å². The number of rotatable bonds is 5. The number of carbonyl (C=O) groups excluding carboxylic acids is 2. The zero-order valence-corrected chi connectivity index (χ0v) is 17.0. The maximum absolute atomic E-state index is 13.5. The quantitative estimate of drug-likeness (QED) is 0.823. The Morgan fingerprint density at radius 1 is 0.931 bits per heavy atom. The number of amides is 3. The van der Waals surface area contributed by atoms with Crippen molar-refractivity contribution >= 4 is 17.6 Å². The number of nitrogens with zero attached hydrogens (tertiary/aromatic N) is 2. The van der Waals surface area contributed by atoms with Gasteiger partial charge in [0.05, 0.1) is 6.04 Å². The zero-order valence-electron chi connectivity index (χ0n) is 17.0. The highest BCUT2D eigenvalue weighted by molar-refractivity contribution is 5.93. The molecule has 3 amide bonds.